The summed E-state index contributed by atoms with van der Waals surface area (Å²) in [5.74, 6) is 0.813. The van der Waals surface area contributed by atoms with Crippen LogP contribution in [-0.2, 0) is 6.42 Å². The van der Waals surface area contributed by atoms with E-state index in [2.05, 4.69) is 6.92 Å². The molecule has 0 amide bonds. The van der Waals surface area contributed by atoms with E-state index < -0.39 is 0 Å². The van der Waals surface area contributed by atoms with Crippen LogP contribution < -0.4 is 10.5 Å². The van der Waals surface area contributed by atoms with Crippen LogP contribution in [0.2, 0.25) is 5.02 Å². The Kier molecular flexibility index (Phi) is 4.85. The number of rotatable bonds is 5. The van der Waals surface area contributed by atoms with Gasteiger partial charge in [0.05, 0.1) is 11.6 Å². The zero-order chi connectivity index (χ0) is 11.3. The fraction of sp³-hybridized carbons (Fsp3) is 0.364. The van der Waals surface area contributed by atoms with Gasteiger partial charge in [0.1, 0.15) is 5.75 Å². The van der Waals surface area contributed by atoms with Gasteiger partial charge < -0.3 is 10.5 Å². The molecule has 0 bridgehead atoms. The highest BCUT2D eigenvalue weighted by Crippen LogP contribution is 2.22. The molecule has 1 aromatic carbocycles. The van der Waals surface area contributed by atoms with Gasteiger partial charge in [-0.1, -0.05) is 30.7 Å². The van der Waals surface area contributed by atoms with E-state index in [9.17, 15) is 0 Å². The van der Waals surface area contributed by atoms with Crippen LogP contribution >= 0.6 is 23.8 Å². The normalized spacial score (nSPS) is 10.0. The van der Waals surface area contributed by atoms with E-state index in [4.69, 9.17) is 34.3 Å². The predicted octanol–water partition coefficient (Wildman–Crippen LogP) is 2.96. The zero-order valence-corrected chi connectivity index (χ0v) is 10.2. The standard InChI is InChI=1S/C11H14ClNOS/c1-2-8-7-9(3-4-10(8)12)14-6-5-11(13)15/h3-4,7H,2,5-6H2,1H3,(H2,13,15). The van der Waals surface area contributed by atoms with Crippen LogP contribution in [0.1, 0.15) is 18.9 Å². The highest BCUT2D eigenvalue weighted by Gasteiger charge is 2.01. The molecule has 0 radical (unpaired) electrons. The maximum atomic E-state index is 5.98. The average Bonchev–Trinajstić information content (AvgIpc) is 2.20. The van der Waals surface area contributed by atoms with E-state index in [1.54, 1.807) is 0 Å². The molecule has 1 rings (SSSR count). The third kappa shape index (κ3) is 4.06. The minimum Gasteiger partial charge on any atom is -0.493 e. The molecule has 0 aliphatic heterocycles. The van der Waals surface area contributed by atoms with Crippen LogP contribution in [0, 0.1) is 0 Å². The van der Waals surface area contributed by atoms with Crippen LogP contribution in [0.5, 0.6) is 5.75 Å². The highest BCUT2D eigenvalue weighted by molar-refractivity contribution is 7.80. The van der Waals surface area contributed by atoms with Crippen molar-refractivity contribution in [3.8, 4) is 5.75 Å². The summed E-state index contributed by atoms with van der Waals surface area (Å²) in [5.41, 5.74) is 6.45. The second kappa shape index (κ2) is 5.93. The van der Waals surface area contributed by atoms with Crippen molar-refractivity contribution < 1.29 is 4.74 Å². The van der Waals surface area contributed by atoms with Crippen molar-refractivity contribution in [1.29, 1.82) is 0 Å². The Morgan fingerprint density at radius 3 is 2.87 bits per heavy atom. The number of nitrogens with two attached hydrogens (primary N) is 1. The molecule has 1 aromatic rings. The average molecular weight is 244 g/mol. The largest absolute Gasteiger partial charge is 0.493 e. The van der Waals surface area contributed by atoms with Crippen LogP contribution in [-0.4, -0.2) is 11.6 Å². The summed E-state index contributed by atoms with van der Waals surface area (Å²) in [7, 11) is 0. The monoisotopic (exact) mass is 243 g/mol. The Balaban J connectivity index is 2.58. The van der Waals surface area contributed by atoms with Crippen molar-refractivity contribution in [2.45, 2.75) is 19.8 Å². The molecular formula is C11H14ClNOS. The van der Waals surface area contributed by atoms with Crippen molar-refractivity contribution in [3.05, 3.63) is 28.8 Å². The van der Waals surface area contributed by atoms with Gasteiger partial charge in [0, 0.05) is 11.4 Å². The molecule has 2 nitrogen and oxygen atoms in total. The van der Waals surface area contributed by atoms with Crippen molar-refractivity contribution in [2.24, 2.45) is 5.73 Å². The van der Waals surface area contributed by atoms with Crippen LogP contribution in [0.3, 0.4) is 0 Å². The second-order valence-electron chi connectivity index (χ2n) is 3.17. The molecular weight excluding hydrogens is 230 g/mol. The second-order valence-corrected chi connectivity index (χ2v) is 4.10. The van der Waals surface area contributed by atoms with E-state index >= 15 is 0 Å². The third-order valence-corrected chi connectivity index (χ3v) is 2.59. The molecule has 0 aliphatic rings. The lowest BCUT2D eigenvalue weighted by molar-refractivity contribution is 0.329. The van der Waals surface area contributed by atoms with Gasteiger partial charge in [-0.25, -0.2) is 0 Å². The number of ether oxygens (including phenoxy) is 1. The molecule has 0 spiro atoms. The first kappa shape index (κ1) is 12.3. The summed E-state index contributed by atoms with van der Waals surface area (Å²) in [6, 6.07) is 5.64. The zero-order valence-electron chi connectivity index (χ0n) is 8.63. The lowest BCUT2D eigenvalue weighted by atomic mass is 10.1. The van der Waals surface area contributed by atoms with Gasteiger partial charge in [0.2, 0.25) is 0 Å². The number of hydrogen-bond donors (Lipinski definition) is 1. The number of thiocarbonyl (C=S) groups is 1. The van der Waals surface area contributed by atoms with Crippen molar-refractivity contribution >= 4 is 28.8 Å². The number of halogens is 1. The van der Waals surface area contributed by atoms with Crippen LogP contribution in [0.4, 0.5) is 0 Å². The van der Waals surface area contributed by atoms with Crippen LogP contribution in [0.25, 0.3) is 0 Å². The van der Waals surface area contributed by atoms with Gasteiger partial charge in [0.25, 0.3) is 0 Å². The Hall–Kier alpha value is -0.800. The van der Waals surface area contributed by atoms with E-state index in [0.717, 1.165) is 22.8 Å². The van der Waals surface area contributed by atoms with Crippen LogP contribution in [0.15, 0.2) is 18.2 Å². The summed E-state index contributed by atoms with van der Waals surface area (Å²) in [4.78, 5) is 0.472. The smallest absolute Gasteiger partial charge is 0.119 e. The fourth-order valence-electron chi connectivity index (χ4n) is 1.18. The maximum absolute atomic E-state index is 5.98. The summed E-state index contributed by atoms with van der Waals surface area (Å²) >= 11 is 10.7. The first-order valence-corrected chi connectivity index (χ1v) is 5.61. The molecule has 0 fully saturated rings. The summed E-state index contributed by atoms with van der Waals surface area (Å²) in [5, 5.41) is 0.777. The topological polar surface area (TPSA) is 35.2 Å². The molecule has 2 N–H and O–H groups in total. The van der Waals surface area contributed by atoms with Gasteiger partial charge in [-0.3, -0.25) is 0 Å². The SMILES string of the molecule is CCc1cc(OCCC(N)=S)ccc1Cl. The van der Waals surface area contributed by atoms with E-state index in [0.29, 0.717) is 18.0 Å². The lowest BCUT2D eigenvalue weighted by Gasteiger charge is -2.08. The Morgan fingerprint density at radius 1 is 1.53 bits per heavy atom. The lowest BCUT2D eigenvalue weighted by Crippen LogP contribution is -2.12. The van der Waals surface area contributed by atoms with Gasteiger partial charge in [0.15, 0.2) is 0 Å². The minimum atomic E-state index is 0.472. The molecule has 4 heteroatoms. The molecule has 82 valence electrons. The molecule has 0 saturated carbocycles. The Morgan fingerprint density at radius 2 is 2.27 bits per heavy atom. The van der Waals surface area contributed by atoms with Gasteiger partial charge >= 0.3 is 0 Å². The highest BCUT2D eigenvalue weighted by atomic mass is 35.5. The van der Waals surface area contributed by atoms with E-state index in [-0.39, 0.29) is 0 Å². The van der Waals surface area contributed by atoms with Crippen molar-refractivity contribution in [1.82, 2.24) is 0 Å². The number of benzene rings is 1. The maximum Gasteiger partial charge on any atom is 0.119 e. The molecule has 15 heavy (non-hydrogen) atoms. The minimum absolute atomic E-state index is 0.472. The molecule has 0 atom stereocenters. The summed E-state index contributed by atoms with van der Waals surface area (Å²) in [6.07, 6.45) is 1.49. The van der Waals surface area contributed by atoms with E-state index in [1.165, 1.54) is 0 Å². The third-order valence-electron chi connectivity index (χ3n) is 2.02. The Bertz CT molecular complexity index is 354. The fourth-order valence-corrected chi connectivity index (χ4v) is 1.52. The first-order chi connectivity index (χ1) is 7.13. The Labute approximate surface area is 100 Å². The molecule has 0 unspecified atom stereocenters. The first-order valence-electron chi connectivity index (χ1n) is 4.83. The quantitative estimate of drug-likeness (QED) is 0.808. The van der Waals surface area contributed by atoms with Crippen molar-refractivity contribution in [3.63, 3.8) is 0 Å². The summed E-state index contributed by atoms with van der Waals surface area (Å²) < 4.78 is 5.49. The summed E-state index contributed by atoms with van der Waals surface area (Å²) in [6.45, 7) is 2.57. The van der Waals surface area contributed by atoms with Gasteiger partial charge in [-0.2, -0.15) is 0 Å². The van der Waals surface area contributed by atoms with Gasteiger partial charge in [-0.05, 0) is 30.2 Å². The van der Waals surface area contributed by atoms with Crippen molar-refractivity contribution in [2.75, 3.05) is 6.61 Å². The number of hydrogen-bond acceptors (Lipinski definition) is 2. The predicted molar refractivity (Wildman–Crippen MR) is 67.7 cm³/mol. The van der Waals surface area contributed by atoms with Gasteiger partial charge in [-0.15, -0.1) is 0 Å². The van der Waals surface area contributed by atoms with E-state index in [1.807, 2.05) is 18.2 Å². The molecule has 0 aromatic heterocycles. The molecule has 0 heterocycles. The number of aryl methyl sites for hydroxylation is 1. The molecule has 0 aliphatic carbocycles. The molecule has 0 saturated heterocycles.